The number of rotatable bonds is 0. The molecule has 0 bridgehead atoms. The highest BCUT2D eigenvalue weighted by Gasteiger charge is 1.76. The Morgan fingerprint density at radius 3 is 1.50 bits per heavy atom. The summed E-state index contributed by atoms with van der Waals surface area (Å²) < 4.78 is 0. The lowest BCUT2D eigenvalue weighted by Gasteiger charge is -1.73. The molecule has 0 aliphatic carbocycles. The van der Waals surface area contributed by atoms with Crippen LogP contribution < -0.4 is 0 Å². The Labute approximate surface area is 43.8 Å². The van der Waals surface area contributed by atoms with Gasteiger partial charge in [0, 0.05) is 0 Å². The van der Waals surface area contributed by atoms with Crippen molar-refractivity contribution in [3.05, 3.63) is 0 Å². The molecule has 0 N–H and O–H groups in total. The van der Waals surface area contributed by atoms with E-state index in [1.54, 1.807) is 0 Å². The summed E-state index contributed by atoms with van der Waals surface area (Å²) in [6, 6.07) is 0. The van der Waals surface area contributed by atoms with Crippen molar-refractivity contribution >= 4 is 43.6 Å². The Balaban J connectivity index is 2.32. The lowest BCUT2D eigenvalue weighted by atomic mass is 26.7. The van der Waals surface area contributed by atoms with Crippen LogP contribution in [0.2, 0.25) is 0 Å². The molecule has 4 heavy (non-hydrogen) atoms. The van der Waals surface area contributed by atoms with E-state index in [1.807, 2.05) is 0 Å². The van der Waals surface area contributed by atoms with E-state index in [0.29, 0.717) is 0 Å². The van der Waals surface area contributed by atoms with Gasteiger partial charge in [-0.25, -0.2) is 0 Å². The van der Waals surface area contributed by atoms with Gasteiger partial charge in [0.2, 0.25) is 0 Å². The molecule has 0 rings (SSSR count). The summed E-state index contributed by atoms with van der Waals surface area (Å²) in [4.78, 5) is 0. The van der Waals surface area contributed by atoms with E-state index >= 15 is 0 Å². The number of hydrogen-bond acceptors (Lipinski definition) is 0. The second-order valence-corrected chi connectivity index (χ2v) is 10.9. The first-order chi connectivity index (χ1) is 1.73. The zero-order valence-corrected chi connectivity index (χ0v) is 6.61. The van der Waals surface area contributed by atoms with Crippen molar-refractivity contribution in [2.45, 2.75) is 0 Å². The highest BCUT2D eigenvalue weighted by atomic mass is 35.9. The Hall–Kier alpha value is 1.54. The molecular weight excluding hydrogens is 129 g/mol. The fourth-order valence-corrected chi connectivity index (χ4v) is 0. The van der Waals surface area contributed by atoms with Crippen LogP contribution in [0.4, 0.5) is 0 Å². The molecular formula is H2AlCl2P. The molecule has 0 aliphatic heterocycles. The third kappa shape index (κ3) is 9.62. The highest BCUT2D eigenvalue weighted by molar-refractivity contribution is 8.19. The SMILES string of the molecule is [AlH2][P](Cl)Cl. The Kier molecular flexibility index (Phi) is 3.83. The third-order valence-corrected chi connectivity index (χ3v) is 0. The first-order valence-corrected chi connectivity index (χ1v) is 7.07. The van der Waals surface area contributed by atoms with Gasteiger partial charge in [-0.3, -0.25) is 0 Å². The number of halogens is 2. The van der Waals surface area contributed by atoms with Gasteiger partial charge in [-0.15, -0.1) is 0 Å². The average Bonchev–Trinajstić information content (AvgIpc) is 0.811. The van der Waals surface area contributed by atoms with Gasteiger partial charge in [0.15, 0.2) is 0 Å². The van der Waals surface area contributed by atoms with Gasteiger partial charge < -0.3 is 0 Å². The maximum Gasteiger partial charge on any atom is 0.303 e. The van der Waals surface area contributed by atoms with Crippen molar-refractivity contribution in [2.24, 2.45) is 0 Å². The summed E-state index contributed by atoms with van der Waals surface area (Å²) in [5, 5.41) is -0.537. The van der Waals surface area contributed by atoms with Crippen LogP contribution >= 0.6 is 27.8 Å². The van der Waals surface area contributed by atoms with Crippen molar-refractivity contribution in [1.29, 1.82) is 0 Å². The molecule has 0 aromatic heterocycles. The molecule has 0 nitrogen and oxygen atoms in total. The second-order valence-electron chi connectivity index (χ2n) is 0.402. The lowest BCUT2D eigenvalue weighted by molar-refractivity contribution is 4.55. The van der Waals surface area contributed by atoms with Crippen LogP contribution in [0.1, 0.15) is 0 Å². The third-order valence-electron chi connectivity index (χ3n) is 0. The smallest absolute Gasteiger partial charge is 0.0996 e. The normalized spacial score (nSPS) is 8.75. The topological polar surface area (TPSA) is 0 Å². The minimum absolute atomic E-state index is 0.537. The summed E-state index contributed by atoms with van der Waals surface area (Å²) >= 11 is 11.3. The van der Waals surface area contributed by atoms with E-state index in [9.17, 15) is 0 Å². The van der Waals surface area contributed by atoms with Gasteiger partial charge in [-0.1, -0.05) is 22.5 Å². The summed E-state index contributed by atoms with van der Waals surface area (Å²) in [5.41, 5.74) is 0. The molecule has 0 spiro atoms. The van der Waals surface area contributed by atoms with Gasteiger partial charge in [-0.05, 0) is 5.27 Å². The minimum Gasteiger partial charge on any atom is -0.0996 e. The molecule has 0 aromatic rings. The Bertz CT molecular complexity index is 10.8. The molecule has 0 amide bonds. The van der Waals surface area contributed by atoms with Crippen LogP contribution in [0.3, 0.4) is 0 Å². The quantitative estimate of drug-likeness (QED) is 0.343. The molecule has 0 aromatic carbocycles. The monoisotopic (exact) mass is 130 g/mol. The van der Waals surface area contributed by atoms with E-state index in [-0.39, 0.29) is 0 Å². The van der Waals surface area contributed by atoms with Crippen molar-refractivity contribution in [3.63, 3.8) is 0 Å². The second kappa shape index (κ2) is 2.76. The van der Waals surface area contributed by atoms with E-state index in [4.69, 9.17) is 22.5 Å². The maximum absolute atomic E-state index is 5.17. The summed E-state index contributed by atoms with van der Waals surface area (Å²) in [5.74, 6) is 0. The van der Waals surface area contributed by atoms with E-state index < -0.39 is 5.27 Å². The fraction of sp³-hybridized carbons (Fsp3) is 0. The van der Waals surface area contributed by atoms with Crippen LogP contribution in [0.5, 0.6) is 0 Å². The van der Waals surface area contributed by atoms with E-state index in [0.717, 1.165) is 15.8 Å². The van der Waals surface area contributed by atoms with Gasteiger partial charge in [0.25, 0.3) is 0 Å². The number of hydrogen-bond donors (Lipinski definition) is 0. The Morgan fingerprint density at radius 2 is 1.50 bits per heavy atom. The molecule has 0 unspecified atom stereocenters. The predicted octanol–water partition coefficient (Wildman–Crippen LogP) is 1.32. The molecule has 0 fully saturated rings. The highest BCUT2D eigenvalue weighted by Crippen LogP contribution is 2.40. The standard InChI is InChI=1S/Al.Cl2P.2H/c;1-3-2;;/q+1;-1;;. The zero-order chi connectivity index (χ0) is 3.58. The zero-order valence-electron chi connectivity index (χ0n) is 2.20. The molecule has 24 valence electrons. The summed E-state index contributed by atoms with van der Waals surface area (Å²) in [6.45, 7) is 0. The van der Waals surface area contributed by atoms with Crippen LogP contribution in [-0.2, 0) is 0 Å². The fourth-order valence-electron chi connectivity index (χ4n) is 0. The molecule has 4 heteroatoms. The summed E-state index contributed by atoms with van der Waals surface area (Å²) in [7, 11) is 0. The van der Waals surface area contributed by atoms with Crippen LogP contribution in [0.15, 0.2) is 0 Å². The van der Waals surface area contributed by atoms with Crippen LogP contribution in [-0.4, -0.2) is 15.8 Å². The maximum atomic E-state index is 5.17. The molecule has 0 saturated heterocycles. The van der Waals surface area contributed by atoms with Crippen molar-refractivity contribution in [3.8, 4) is 0 Å². The first kappa shape index (κ1) is 5.54. The van der Waals surface area contributed by atoms with Gasteiger partial charge in [0.1, 0.15) is 0 Å². The minimum atomic E-state index is -0.537. The Morgan fingerprint density at radius 1 is 1.50 bits per heavy atom. The average molecular weight is 131 g/mol. The molecule has 0 heterocycles. The van der Waals surface area contributed by atoms with Crippen molar-refractivity contribution in [1.82, 2.24) is 0 Å². The molecule has 0 radical (unpaired) electrons. The van der Waals surface area contributed by atoms with Crippen molar-refractivity contribution in [2.75, 3.05) is 0 Å². The predicted molar refractivity (Wildman–Crippen MR) is 27.2 cm³/mol. The molecule has 0 saturated carbocycles. The lowest BCUT2D eigenvalue weighted by Crippen LogP contribution is -1.27. The van der Waals surface area contributed by atoms with E-state index in [1.165, 1.54) is 0 Å². The first-order valence-electron chi connectivity index (χ1n) is 0.785. The van der Waals surface area contributed by atoms with Gasteiger partial charge in [-0.2, -0.15) is 0 Å². The van der Waals surface area contributed by atoms with Crippen LogP contribution in [0, 0.1) is 0 Å². The van der Waals surface area contributed by atoms with Gasteiger partial charge >= 0.3 is 15.8 Å². The molecule has 0 aliphatic rings. The van der Waals surface area contributed by atoms with Crippen molar-refractivity contribution < 1.29 is 0 Å². The largest absolute Gasteiger partial charge is 0.303 e. The summed E-state index contributed by atoms with van der Waals surface area (Å²) in [6.07, 6.45) is 0. The van der Waals surface area contributed by atoms with Crippen LogP contribution in [0.25, 0.3) is 0 Å². The van der Waals surface area contributed by atoms with Gasteiger partial charge in [0.05, 0.1) is 0 Å². The van der Waals surface area contributed by atoms with E-state index in [2.05, 4.69) is 0 Å². The molecule has 0 atom stereocenters.